The summed E-state index contributed by atoms with van der Waals surface area (Å²) in [6.45, 7) is 3.07. The van der Waals surface area contributed by atoms with Crippen LogP contribution in [0.2, 0.25) is 0 Å². The molecule has 0 atom stereocenters. The second-order valence-electron chi connectivity index (χ2n) is 9.74. The molecule has 192 valence electrons. The molecule has 11 nitrogen and oxygen atoms in total. The number of aromatic nitrogens is 5. The summed E-state index contributed by atoms with van der Waals surface area (Å²) in [5, 5.41) is 16.2. The molecule has 0 saturated carbocycles. The van der Waals surface area contributed by atoms with Gasteiger partial charge in [-0.15, -0.1) is 0 Å². The zero-order valence-electron chi connectivity index (χ0n) is 20.9. The maximum Gasteiger partial charge on any atom is 0.257 e. The minimum Gasteiger partial charge on any atom is -0.340 e. The van der Waals surface area contributed by atoms with Crippen LogP contribution in [0.25, 0.3) is 0 Å². The molecule has 0 unspecified atom stereocenters. The Kier molecular flexibility index (Phi) is 6.16. The first-order valence-corrected chi connectivity index (χ1v) is 12.5. The molecule has 38 heavy (non-hydrogen) atoms. The van der Waals surface area contributed by atoms with Crippen molar-refractivity contribution in [1.82, 2.24) is 30.0 Å². The summed E-state index contributed by atoms with van der Waals surface area (Å²) in [6, 6.07) is 7.95. The number of benzene rings is 1. The molecule has 2 aliphatic heterocycles. The number of aryl methyl sites for hydroxylation is 3. The van der Waals surface area contributed by atoms with Crippen molar-refractivity contribution in [2.75, 3.05) is 29.0 Å². The SMILES string of the molecule is Cc1cnc2nc1Nc1ccc(NC(=O)CC3CN(C(=O)c4cn[nH]c4)C3)c(c1)CCc1cncc(c1)N2. The third-order valence-corrected chi connectivity index (χ3v) is 6.81. The molecule has 1 fully saturated rings. The van der Waals surface area contributed by atoms with E-state index in [1.807, 2.05) is 37.4 Å². The number of nitrogens with zero attached hydrogens (tertiary/aromatic N) is 5. The van der Waals surface area contributed by atoms with E-state index in [9.17, 15) is 9.59 Å². The lowest BCUT2D eigenvalue weighted by atomic mass is 9.95. The molecule has 3 aromatic heterocycles. The minimum absolute atomic E-state index is 0.0607. The lowest BCUT2D eigenvalue weighted by Gasteiger charge is -2.38. The van der Waals surface area contributed by atoms with Crippen molar-refractivity contribution in [2.24, 2.45) is 5.92 Å². The highest BCUT2D eigenvalue weighted by atomic mass is 16.2. The van der Waals surface area contributed by atoms with E-state index in [0.29, 0.717) is 36.8 Å². The first-order valence-electron chi connectivity index (χ1n) is 12.5. The van der Waals surface area contributed by atoms with Crippen molar-refractivity contribution in [3.8, 4) is 0 Å². The summed E-state index contributed by atoms with van der Waals surface area (Å²) in [5.74, 6) is 1.20. The van der Waals surface area contributed by atoms with Crippen LogP contribution in [0.4, 0.5) is 28.8 Å². The molecule has 1 saturated heterocycles. The van der Waals surface area contributed by atoms with Gasteiger partial charge in [0.1, 0.15) is 5.82 Å². The number of aromatic amines is 1. The predicted octanol–water partition coefficient (Wildman–Crippen LogP) is 3.59. The highest BCUT2D eigenvalue weighted by molar-refractivity contribution is 5.95. The van der Waals surface area contributed by atoms with Gasteiger partial charge in [-0.05, 0) is 55.2 Å². The second-order valence-corrected chi connectivity index (χ2v) is 9.74. The number of nitrogens with one attached hydrogen (secondary N) is 4. The molecule has 5 heterocycles. The van der Waals surface area contributed by atoms with Gasteiger partial charge < -0.3 is 20.9 Å². The summed E-state index contributed by atoms with van der Waals surface area (Å²) in [7, 11) is 0. The van der Waals surface area contributed by atoms with Gasteiger partial charge in [0, 0.05) is 61.0 Å². The summed E-state index contributed by atoms with van der Waals surface area (Å²) < 4.78 is 0. The topological polar surface area (TPSA) is 141 Å². The van der Waals surface area contributed by atoms with Crippen LogP contribution in [0.3, 0.4) is 0 Å². The normalized spacial score (nSPS) is 14.6. The number of carbonyl (C=O) groups excluding carboxylic acids is 2. The maximum absolute atomic E-state index is 12.9. The van der Waals surface area contributed by atoms with Crippen LogP contribution in [0.15, 0.2) is 55.2 Å². The van der Waals surface area contributed by atoms with E-state index in [4.69, 9.17) is 0 Å². The second kappa shape index (κ2) is 9.92. The molecule has 6 rings (SSSR count). The molecule has 0 aliphatic carbocycles. The molecule has 0 spiro atoms. The smallest absolute Gasteiger partial charge is 0.257 e. The molecule has 2 aliphatic rings. The van der Waals surface area contributed by atoms with Crippen molar-refractivity contribution < 1.29 is 9.59 Å². The highest BCUT2D eigenvalue weighted by Crippen LogP contribution is 2.28. The molecule has 0 radical (unpaired) electrons. The van der Waals surface area contributed by atoms with Crippen molar-refractivity contribution >= 4 is 40.6 Å². The Balaban J connectivity index is 1.18. The van der Waals surface area contributed by atoms with Crippen molar-refractivity contribution in [2.45, 2.75) is 26.2 Å². The summed E-state index contributed by atoms with van der Waals surface area (Å²) >= 11 is 0. The van der Waals surface area contributed by atoms with Gasteiger partial charge >= 0.3 is 0 Å². The number of anilines is 5. The van der Waals surface area contributed by atoms with Crippen LogP contribution < -0.4 is 16.0 Å². The average Bonchev–Trinajstić information content (AvgIpc) is 3.43. The van der Waals surface area contributed by atoms with Gasteiger partial charge in [0.05, 0.1) is 23.6 Å². The van der Waals surface area contributed by atoms with Crippen LogP contribution in [0.5, 0.6) is 0 Å². The first kappa shape index (κ1) is 23.6. The lowest BCUT2D eigenvalue weighted by Crippen LogP contribution is -2.50. The van der Waals surface area contributed by atoms with E-state index in [0.717, 1.165) is 46.6 Å². The number of carbonyl (C=O) groups is 2. The largest absolute Gasteiger partial charge is 0.340 e. The molecule has 6 bridgehead atoms. The van der Waals surface area contributed by atoms with Gasteiger partial charge in [0.25, 0.3) is 5.91 Å². The number of hydrogen-bond acceptors (Lipinski definition) is 8. The van der Waals surface area contributed by atoms with E-state index in [1.165, 1.54) is 6.20 Å². The zero-order valence-corrected chi connectivity index (χ0v) is 20.9. The number of H-pyrrole nitrogens is 1. The Morgan fingerprint density at radius 1 is 1.05 bits per heavy atom. The van der Waals surface area contributed by atoms with Crippen LogP contribution in [0, 0.1) is 12.8 Å². The number of rotatable bonds is 4. The fourth-order valence-corrected chi connectivity index (χ4v) is 4.75. The van der Waals surface area contributed by atoms with Crippen molar-refractivity contribution in [1.29, 1.82) is 0 Å². The van der Waals surface area contributed by atoms with Gasteiger partial charge in [0.15, 0.2) is 0 Å². The van der Waals surface area contributed by atoms with Gasteiger partial charge in [-0.1, -0.05) is 0 Å². The van der Waals surface area contributed by atoms with E-state index in [2.05, 4.69) is 41.1 Å². The van der Waals surface area contributed by atoms with Crippen LogP contribution >= 0.6 is 0 Å². The summed E-state index contributed by atoms with van der Waals surface area (Å²) in [4.78, 5) is 40.5. The van der Waals surface area contributed by atoms with Crippen LogP contribution in [-0.2, 0) is 17.6 Å². The Labute approximate surface area is 219 Å². The van der Waals surface area contributed by atoms with Crippen LogP contribution in [0.1, 0.15) is 33.5 Å². The highest BCUT2D eigenvalue weighted by Gasteiger charge is 2.33. The Bertz CT molecular complexity index is 1500. The van der Waals surface area contributed by atoms with E-state index in [-0.39, 0.29) is 17.7 Å². The van der Waals surface area contributed by atoms with E-state index < -0.39 is 0 Å². The fraction of sp³-hybridized carbons (Fsp3) is 0.259. The Morgan fingerprint density at radius 3 is 2.79 bits per heavy atom. The molecule has 4 N–H and O–H groups in total. The third-order valence-electron chi connectivity index (χ3n) is 6.81. The number of fused-ring (bicyclic) bond motifs is 6. The van der Waals surface area contributed by atoms with E-state index >= 15 is 0 Å². The number of pyridine rings is 1. The Morgan fingerprint density at radius 2 is 1.95 bits per heavy atom. The Hall–Kier alpha value is -4.80. The predicted molar refractivity (Wildman–Crippen MR) is 143 cm³/mol. The fourth-order valence-electron chi connectivity index (χ4n) is 4.75. The van der Waals surface area contributed by atoms with Crippen LogP contribution in [-0.4, -0.2) is 55.0 Å². The van der Waals surface area contributed by atoms with Gasteiger partial charge in [0.2, 0.25) is 11.9 Å². The average molecular weight is 510 g/mol. The van der Waals surface area contributed by atoms with Crippen molar-refractivity contribution in [3.05, 3.63) is 77.5 Å². The molecule has 4 aromatic rings. The van der Waals surface area contributed by atoms with E-state index in [1.54, 1.807) is 23.5 Å². The number of likely N-dealkylation sites (tertiary alicyclic amines) is 1. The molecule has 1 aromatic carbocycles. The summed E-state index contributed by atoms with van der Waals surface area (Å²) in [6.07, 6.45) is 10.3. The first-order chi connectivity index (χ1) is 18.5. The molecular formula is C27H27N9O2. The lowest BCUT2D eigenvalue weighted by molar-refractivity contribution is -0.118. The minimum atomic E-state index is -0.0652. The van der Waals surface area contributed by atoms with Gasteiger partial charge in [-0.2, -0.15) is 10.1 Å². The molecular weight excluding hydrogens is 482 g/mol. The van der Waals surface area contributed by atoms with Crippen molar-refractivity contribution in [3.63, 3.8) is 0 Å². The maximum atomic E-state index is 12.9. The quantitative estimate of drug-likeness (QED) is 0.327. The van der Waals surface area contributed by atoms with Gasteiger partial charge in [-0.3, -0.25) is 19.7 Å². The van der Waals surface area contributed by atoms with Gasteiger partial charge in [-0.25, -0.2) is 4.98 Å². The summed E-state index contributed by atoms with van der Waals surface area (Å²) in [5.41, 5.74) is 6.00. The molecule has 2 amide bonds. The zero-order chi connectivity index (χ0) is 26.1. The number of amides is 2. The molecule has 11 heteroatoms. The monoisotopic (exact) mass is 509 g/mol. The standard InChI is InChI=1S/C27H27N9O2/c1-16-9-29-27-33-22-6-17(10-28-13-22)2-3-19-8-21(32-25(16)35-27)4-5-23(19)34-24(37)7-18-14-36(15-18)26(38)20-11-30-31-12-20/h4-6,8-13,18H,2-3,7,14-15H2,1H3,(H,30,31)(H,34,37)(H2,29,32,33,35). The third kappa shape index (κ3) is 5.03. The number of hydrogen-bond donors (Lipinski definition) is 4.